The Morgan fingerprint density at radius 1 is 0.385 bits per heavy atom. The lowest BCUT2D eigenvalue weighted by Crippen LogP contribution is -2.02. The van der Waals surface area contributed by atoms with Gasteiger partial charge in [0.1, 0.15) is 0 Å². The van der Waals surface area contributed by atoms with Crippen molar-refractivity contribution in [3.63, 3.8) is 0 Å². The summed E-state index contributed by atoms with van der Waals surface area (Å²) in [4.78, 5) is 0. The van der Waals surface area contributed by atoms with Crippen molar-refractivity contribution in [2.24, 2.45) is 0 Å². The second-order valence-electron chi connectivity index (χ2n) is 6.11. The van der Waals surface area contributed by atoms with E-state index < -0.39 is 0 Å². The molecule has 0 N–H and O–H groups in total. The topological polar surface area (TPSA) is 3.24 Å². The third-order valence-corrected chi connectivity index (χ3v) is 4.40. The molecule has 126 valence electrons. The second kappa shape index (κ2) is 7.24. The smallest absolute Gasteiger partial charge is 0.0747 e. The zero-order valence-electron chi connectivity index (χ0n) is 14.2. The van der Waals surface area contributed by atoms with Crippen LogP contribution in [0.4, 0.5) is 15.9 Å². The van der Waals surface area contributed by atoms with Crippen molar-refractivity contribution in [3.8, 4) is 22.3 Å². The van der Waals surface area contributed by atoms with Crippen molar-refractivity contribution in [1.82, 2.24) is 0 Å². The molecule has 0 heterocycles. The van der Waals surface area contributed by atoms with Crippen molar-refractivity contribution < 1.29 is 4.48 Å². The minimum Gasteiger partial charge on any atom is -0.180 e. The molecular formula is C24H18FN. The molecule has 0 saturated heterocycles. The molecule has 0 amide bonds. The molecule has 0 atom stereocenters. The Morgan fingerprint density at radius 3 is 1.23 bits per heavy atom. The van der Waals surface area contributed by atoms with Gasteiger partial charge in [-0.2, -0.15) is 5.12 Å². The van der Waals surface area contributed by atoms with Gasteiger partial charge in [0.05, 0.1) is 11.4 Å². The SMILES string of the molecule is FN(c1ccccc1)c1ccc(-c2ccc(-c3ccccc3)cc2)cc1. The van der Waals surface area contributed by atoms with Crippen LogP contribution in [0, 0.1) is 0 Å². The highest BCUT2D eigenvalue weighted by molar-refractivity contribution is 5.72. The second-order valence-corrected chi connectivity index (χ2v) is 6.11. The molecule has 0 saturated carbocycles. The van der Waals surface area contributed by atoms with E-state index >= 15 is 0 Å². The van der Waals surface area contributed by atoms with Crippen LogP contribution < -0.4 is 5.12 Å². The van der Waals surface area contributed by atoms with Gasteiger partial charge in [0.25, 0.3) is 0 Å². The van der Waals surface area contributed by atoms with Gasteiger partial charge in [-0.05, 0) is 46.5 Å². The Bertz CT molecular complexity index is 962. The number of halogens is 1. The lowest BCUT2D eigenvalue weighted by molar-refractivity contribution is 0.505. The van der Waals surface area contributed by atoms with Crippen LogP contribution in [-0.2, 0) is 0 Å². The fourth-order valence-corrected chi connectivity index (χ4v) is 2.98. The normalized spacial score (nSPS) is 10.5. The summed E-state index contributed by atoms with van der Waals surface area (Å²) >= 11 is 0. The standard InChI is InChI=1S/C24H18FN/c25-26(23-9-5-2-6-10-23)24-17-15-22(16-18-24)21-13-11-20(12-14-21)19-7-3-1-4-8-19/h1-18H. The molecular weight excluding hydrogens is 321 g/mol. The van der Waals surface area contributed by atoms with Gasteiger partial charge in [0.2, 0.25) is 0 Å². The van der Waals surface area contributed by atoms with Crippen molar-refractivity contribution in [1.29, 1.82) is 0 Å². The summed E-state index contributed by atoms with van der Waals surface area (Å²) in [7, 11) is 0. The summed E-state index contributed by atoms with van der Waals surface area (Å²) < 4.78 is 14.5. The first-order valence-corrected chi connectivity index (χ1v) is 8.58. The number of rotatable bonds is 4. The Labute approximate surface area is 152 Å². The molecule has 4 aromatic carbocycles. The molecule has 0 aliphatic rings. The van der Waals surface area contributed by atoms with E-state index in [0.717, 1.165) is 11.1 Å². The summed E-state index contributed by atoms with van der Waals surface area (Å²) in [6.07, 6.45) is 0. The number of para-hydroxylation sites is 1. The molecule has 26 heavy (non-hydrogen) atoms. The first-order valence-electron chi connectivity index (χ1n) is 8.58. The van der Waals surface area contributed by atoms with Crippen molar-refractivity contribution in [2.45, 2.75) is 0 Å². The molecule has 2 heteroatoms. The molecule has 0 aromatic heterocycles. The summed E-state index contributed by atoms with van der Waals surface area (Å²) in [6, 6.07) is 35.2. The van der Waals surface area contributed by atoms with E-state index in [4.69, 9.17) is 0 Å². The predicted octanol–water partition coefficient (Wildman–Crippen LogP) is 7.04. The molecule has 0 aliphatic heterocycles. The molecule has 0 fully saturated rings. The van der Waals surface area contributed by atoms with E-state index in [1.54, 1.807) is 24.3 Å². The van der Waals surface area contributed by atoms with Gasteiger partial charge in [-0.15, -0.1) is 0 Å². The van der Waals surface area contributed by atoms with Crippen molar-refractivity contribution in [2.75, 3.05) is 5.12 Å². The van der Waals surface area contributed by atoms with Crippen LogP contribution in [0.3, 0.4) is 0 Å². The van der Waals surface area contributed by atoms with Gasteiger partial charge in [0.15, 0.2) is 0 Å². The van der Waals surface area contributed by atoms with Gasteiger partial charge in [-0.1, -0.05) is 89.4 Å². The van der Waals surface area contributed by atoms with E-state index in [1.807, 2.05) is 48.5 Å². The maximum atomic E-state index is 14.5. The number of anilines is 2. The molecule has 4 aromatic rings. The Balaban J connectivity index is 1.55. The maximum Gasteiger partial charge on any atom is 0.0747 e. The van der Waals surface area contributed by atoms with Crippen LogP contribution >= 0.6 is 0 Å². The Hall–Kier alpha value is -3.39. The molecule has 1 nitrogen and oxygen atoms in total. The summed E-state index contributed by atoms with van der Waals surface area (Å²) in [5.74, 6) is 0. The van der Waals surface area contributed by atoms with E-state index in [1.165, 1.54) is 11.1 Å². The lowest BCUT2D eigenvalue weighted by Gasteiger charge is -2.14. The van der Waals surface area contributed by atoms with Crippen LogP contribution in [0.2, 0.25) is 0 Å². The highest BCUT2D eigenvalue weighted by atomic mass is 19.2. The zero-order valence-corrected chi connectivity index (χ0v) is 14.2. The van der Waals surface area contributed by atoms with Crippen LogP contribution in [0.25, 0.3) is 22.3 Å². The van der Waals surface area contributed by atoms with Crippen LogP contribution in [0.1, 0.15) is 0 Å². The Kier molecular flexibility index (Phi) is 4.48. The molecule has 0 radical (unpaired) electrons. The molecule has 4 rings (SSSR count). The highest BCUT2D eigenvalue weighted by Gasteiger charge is 2.08. The van der Waals surface area contributed by atoms with Gasteiger partial charge >= 0.3 is 0 Å². The minimum atomic E-state index is 0.515. The quantitative estimate of drug-likeness (QED) is 0.360. The van der Waals surface area contributed by atoms with Crippen molar-refractivity contribution >= 4 is 11.4 Å². The van der Waals surface area contributed by atoms with E-state index in [2.05, 4.69) is 36.4 Å². The fraction of sp³-hybridized carbons (Fsp3) is 0. The number of nitrogens with zero attached hydrogens (tertiary/aromatic N) is 1. The predicted molar refractivity (Wildman–Crippen MR) is 107 cm³/mol. The van der Waals surface area contributed by atoms with Crippen LogP contribution in [0.15, 0.2) is 109 Å². The monoisotopic (exact) mass is 339 g/mol. The first kappa shape index (κ1) is 16.1. The highest BCUT2D eigenvalue weighted by Crippen LogP contribution is 2.29. The van der Waals surface area contributed by atoms with E-state index in [0.29, 0.717) is 16.5 Å². The van der Waals surface area contributed by atoms with Crippen molar-refractivity contribution in [3.05, 3.63) is 109 Å². The molecule has 0 spiro atoms. The third-order valence-electron chi connectivity index (χ3n) is 4.40. The molecule has 0 unspecified atom stereocenters. The Morgan fingerprint density at radius 2 is 0.731 bits per heavy atom. The summed E-state index contributed by atoms with van der Waals surface area (Å²) in [6.45, 7) is 0. The average molecular weight is 339 g/mol. The van der Waals surface area contributed by atoms with Gasteiger partial charge in [-0.3, -0.25) is 0 Å². The third kappa shape index (κ3) is 3.35. The first-order chi connectivity index (χ1) is 12.8. The van der Waals surface area contributed by atoms with Gasteiger partial charge in [0, 0.05) is 0 Å². The summed E-state index contributed by atoms with van der Waals surface area (Å²) in [5.41, 5.74) is 5.60. The average Bonchev–Trinajstić information content (AvgIpc) is 2.75. The molecule has 0 bridgehead atoms. The maximum absolute atomic E-state index is 14.5. The number of hydrogen-bond donors (Lipinski definition) is 0. The van der Waals surface area contributed by atoms with E-state index in [9.17, 15) is 4.48 Å². The van der Waals surface area contributed by atoms with Gasteiger partial charge in [-0.25, -0.2) is 0 Å². The number of hydrogen-bond acceptors (Lipinski definition) is 1. The summed E-state index contributed by atoms with van der Waals surface area (Å²) in [5, 5.41) is 0.697. The van der Waals surface area contributed by atoms with Crippen LogP contribution in [-0.4, -0.2) is 0 Å². The van der Waals surface area contributed by atoms with Crippen LogP contribution in [0.5, 0.6) is 0 Å². The lowest BCUT2D eigenvalue weighted by atomic mass is 10.0. The zero-order chi connectivity index (χ0) is 17.8. The van der Waals surface area contributed by atoms with E-state index in [-0.39, 0.29) is 0 Å². The fourth-order valence-electron chi connectivity index (χ4n) is 2.98. The largest absolute Gasteiger partial charge is 0.180 e. The molecule has 0 aliphatic carbocycles. The minimum absolute atomic E-state index is 0.515. The van der Waals surface area contributed by atoms with Gasteiger partial charge < -0.3 is 0 Å². The number of benzene rings is 4.